The SMILES string of the molecule is Cn1cc(CNC(=O)c2cn3c(n2)C(c2ccccc2)N(CCCO)CC3)cn1. The predicted molar refractivity (Wildman–Crippen MR) is 108 cm³/mol. The molecule has 1 amide bonds. The Hall–Kier alpha value is -2.97. The quantitative estimate of drug-likeness (QED) is 0.631. The molecule has 4 rings (SSSR count). The molecule has 29 heavy (non-hydrogen) atoms. The number of imidazole rings is 1. The molecule has 0 fully saturated rings. The van der Waals surface area contributed by atoms with Crippen molar-refractivity contribution in [1.82, 2.24) is 29.5 Å². The second-order valence-electron chi connectivity index (χ2n) is 7.31. The minimum atomic E-state index is -0.190. The number of rotatable bonds is 7. The lowest BCUT2D eigenvalue weighted by atomic mass is 10.0. The molecule has 3 heterocycles. The van der Waals surface area contributed by atoms with Crippen molar-refractivity contribution in [3.05, 3.63) is 71.6 Å². The van der Waals surface area contributed by atoms with Gasteiger partial charge in [0, 0.05) is 57.8 Å². The van der Waals surface area contributed by atoms with Gasteiger partial charge in [-0.15, -0.1) is 0 Å². The Morgan fingerprint density at radius 2 is 2.07 bits per heavy atom. The van der Waals surface area contributed by atoms with Crippen LogP contribution in [0.5, 0.6) is 0 Å². The molecule has 0 saturated heterocycles. The molecule has 0 bridgehead atoms. The number of benzene rings is 1. The zero-order chi connectivity index (χ0) is 20.2. The zero-order valence-corrected chi connectivity index (χ0v) is 16.5. The topological polar surface area (TPSA) is 88.2 Å². The second kappa shape index (κ2) is 8.59. The van der Waals surface area contributed by atoms with Gasteiger partial charge in [0.25, 0.3) is 5.91 Å². The van der Waals surface area contributed by atoms with Crippen molar-refractivity contribution in [2.45, 2.75) is 25.6 Å². The molecule has 8 nitrogen and oxygen atoms in total. The molecule has 152 valence electrons. The molecular weight excluding hydrogens is 368 g/mol. The van der Waals surface area contributed by atoms with Gasteiger partial charge in [-0.3, -0.25) is 14.4 Å². The number of hydrogen-bond donors (Lipinski definition) is 2. The first-order chi connectivity index (χ1) is 14.2. The summed E-state index contributed by atoms with van der Waals surface area (Å²) >= 11 is 0. The molecule has 1 aromatic carbocycles. The van der Waals surface area contributed by atoms with E-state index in [2.05, 4.69) is 32.0 Å². The third kappa shape index (κ3) is 4.23. The van der Waals surface area contributed by atoms with Gasteiger partial charge in [-0.05, 0) is 12.0 Å². The van der Waals surface area contributed by atoms with E-state index in [1.165, 1.54) is 0 Å². The van der Waals surface area contributed by atoms with Crippen LogP contribution in [0.1, 0.15) is 39.9 Å². The fourth-order valence-corrected chi connectivity index (χ4v) is 3.81. The number of hydrogen-bond acceptors (Lipinski definition) is 5. The summed E-state index contributed by atoms with van der Waals surface area (Å²) in [4.78, 5) is 19.7. The lowest BCUT2D eigenvalue weighted by molar-refractivity contribution is 0.0946. The Morgan fingerprint density at radius 3 is 2.79 bits per heavy atom. The maximum absolute atomic E-state index is 12.7. The van der Waals surface area contributed by atoms with Crippen LogP contribution in [0.3, 0.4) is 0 Å². The number of aromatic nitrogens is 4. The van der Waals surface area contributed by atoms with E-state index in [-0.39, 0.29) is 18.6 Å². The Morgan fingerprint density at radius 1 is 1.24 bits per heavy atom. The van der Waals surface area contributed by atoms with Crippen molar-refractivity contribution < 1.29 is 9.90 Å². The molecule has 1 aliphatic heterocycles. The largest absolute Gasteiger partial charge is 0.396 e. The minimum absolute atomic E-state index is 0.0311. The van der Waals surface area contributed by atoms with Gasteiger partial charge >= 0.3 is 0 Å². The molecule has 1 unspecified atom stereocenters. The lowest BCUT2D eigenvalue weighted by Crippen LogP contribution is -2.39. The molecule has 2 aromatic heterocycles. The first kappa shape index (κ1) is 19.4. The molecule has 3 aromatic rings. The summed E-state index contributed by atoms with van der Waals surface area (Å²) < 4.78 is 3.79. The van der Waals surface area contributed by atoms with E-state index < -0.39 is 0 Å². The van der Waals surface area contributed by atoms with Crippen molar-refractivity contribution in [3.63, 3.8) is 0 Å². The number of nitrogens with one attached hydrogen (secondary N) is 1. The number of amides is 1. The Kier molecular flexibility index (Phi) is 5.73. The van der Waals surface area contributed by atoms with E-state index >= 15 is 0 Å². The van der Waals surface area contributed by atoms with Gasteiger partial charge in [0.2, 0.25) is 0 Å². The molecule has 0 radical (unpaired) electrons. The summed E-state index contributed by atoms with van der Waals surface area (Å²) in [7, 11) is 1.85. The van der Waals surface area contributed by atoms with Crippen LogP contribution in [0.25, 0.3) is 0 Å². The van der Waals surface area contributed by atoms with E-state index in [9.17, 15) is 9.90 Å². The third-order valence-electron chi connectivity index (χ3n) is 5.21. The molecule has 0 spiro atoms. The van der Waals surface area contributed by atoms with Crippen LogP contribution in [-0.4, -0.2) is 54.9 Å². The van der Waals surface area contributed by atoms with Gasteiger partial charge in [0.05, 0.1) is 12.2 Å². The van der Waals surface area contributed by atoms with E-state index in [1.807, 2.05) is 37.6 Å². The van der Waals surface area contributed by atoms with Crippen molar-refractivity contribution >= 4 is 5.91 Å². The first-order valence-corrected chi connectivity index (χ1v) is 9.88. The highest BCUT2D eigenvalue weighted by molar-refractivity contribution is 5.92. The summed E-state index contributed by atoms with van der Waals surface area (Å²) in [5.74, 6) is 0.677. The summed E-state index contributed by atoms with van der Waals surface area (Å²) in [6.45, 7) is 2.98. The van der Waals surface area contributed by atoms with Crippen LogP contribution < -0.4 is 5.32 Å². The average Bonchev–Trinajstić information content (AvgIpc) is 3.36. The van der Waals surface area contributed by atoms with Gasteiger partial charge in [0.1, 0.15) is 11.5 Å². The van der Waals surface area contributed by atoms with Crippen LogP contribution in [-0.2, 0) is 20.1 Å². The van der Waals surface area contributed by atoms with Crippen LogP contribution >= 0.6 is 0 Å². The molecule has 1 aliphatic rings. The number of aliphatic hydroxyl groups excluding tert-OH is 1. The zero-order valence-electron chi connectivity index (χ0n) is 16.5. The third-order valence-corrected chi connectivity index (χ3v) is 5.21. The van der Waals surface area contributed by atoms with Crippen molar-refractivity contribution in [1.29, 1.82) is 0 Å². The highest BCUT2D eigenvalue weighted by atomic mass is 16.3. The summed E-state index contributed by atoms with van der Waals surface area (Å²) in [5.41, 5.74) is 2.51. The van der Waals surface area contributed by atoms with Gasteiger partial charge in [-0.1, -0.05) is 30.3 Å². The Balaban J connectivity index is 1.56. The number of aliphatic hydroxyl groups is 1. The van der Waals surface area contributed by atoms with Gasteiger partial charge in [-0.2, -0.15) is 5.10 Å². The van der Waals surface area contributed by atoms with Gasteiger partial charge in [-0.25, -0.2) is 4.98 Å². The van der Waals surface area contributed by atoms with E-state index in [0.29, 0.717) is 18.7 Å². The highest BCUT2D eigenvalue weighted by Gasteiger charge is 2.31. The maximum atomic E-state index is 12.7. The highest BCUT2D eigenvalue weighted by Crippen LogP contribution is 2.31. The van der Waals surface area contributed by atoms with Crippen molar-refractivity contribution in [3.8, 4) is 0 Å². The van der Waals surface area contributed by atoms with Crippen molar-refractivity contribution in [2.75, 3.05) is 19.7 Å². The lowest BCUT2D eigenvalue weighted by Gasteiger charge is -2.36. The molecule has 0 saturated carbocycles. The normalized spacial score (nSPS) is 16.6. The summed E-state index contributed by atoms with van der Waals surface area (Å²) in [6.07, 6.45) is 6.17. The second-order valence-corrected chi connectivity index (χ2v) is 7.31. The standard InChI is InChI=1S/C21H26N6O2/c1-25-14-16(13-23-25)12-22-21(29)18-15-27-10-9-26(8-5-11-28)19(20(27)24-18)17-6-3-2-4-7-17/h2-4,6-7,13-15,19,28H,5,8-12H2,1H3,(H,22,29). The van der Waals surface area contributed by atoms with E-state index in [4.69, 9.17) is 4.98 Å². The molecule has 0 aliphatic carbocycles. The van der Waals surface area contributed by atoms with Crippen LogP contribution in [0.2, 0.25) is 0 Å². The van der Waals surface area contributed by atoms with Crippen molar-refractivity contribution in [2.24, 2.45) is 7.05 Å². The smallest absolute Gasteiger partial charge is 0.271 e. The Bertz CT molecular complexity index is 965. The fourth-order valence-electron chi connectivity index (χ4n) is 3.81. The minimum Gasteiger partial charge on any atom is -0.396 e. The van der Waals surface area contributed by atoms with E-state index in [1.54, 1.807) is 10.9 Å². The number of aryl methyl sites for hydroxylation is 1. The fraction of sp³-hybridized carbons (Fsp3) is 0.381. The predicted octanol–water partition coefficient (Wildman–Crippen LogP) is 1.33. The number of fused-ring (bicyclic) bond motifs is 1. The summed E-state index contributed by atoms with van der Waals surface area (Å²) in [6, 6.07) is 10.2. The van der Waals surface area contributed by atoms with E-state index in [0.717, 1.165) is 36.6 Å². The van der Waals surface area contributed by atoms with Crippen LogP contribution in [0, 0.1) is 0 Å². The number of carbonyl (C=O) groups excluding carboxylic acids is 1. The Labute approximate surface area is 169 Å². The van der Waals surface area contributed by atoms with Gasteiger partial charge < -0.3 is 15.0 Å². The maximum Gasteiger partial charge on any atom is 0.271 e. The molecule has 2 N–H and O–H groups in total. The molecular formula is C21H26N6O2. The van der Waals surface area contributed by atoms with Crippen LogP contribution in [0.4, 0.5) is 0 Å². The number of nitrogens with zero attached hydrogens (tertiary/aromatic N) is 5. The van der Waals surface area contributed by atoms with Gasteiger partial charge in [0.15, 0.2) is 0 Å². The molecule has 8 heteroatoms. The average molecular weight is 394 g/mol. The summed E-state index contributed by atoms with van der Waals surface area (Å²) in [5, 5.41) is 16.3. The molecule has 1 atom stereocenters. The number of carbonyl (C=O) groups is 1. The monoisotopic (exact) mass is 394 g/mol. The van der Waals surface area contributed by atoms with Crippen LogP contribution in [0.15, 0.2) is 48.9 Å². The first-order valence-electron chi connectivity index (χ1n) is 9.88.